The number of aliphatic hydroxyl groups is 1. The van der Waals surface area contributed by atoms with Crippen LogP contribution in [-0.2, 0) is 13.2 Å². The highest BCUT2D eigenvalue weighted by Gasteiger charge is 2.19. The largest absolute Gasteiger partial charge is 0.392 e. The number of halogens is 2. The second-order valence-electron chi connectivity index (χ2n) is 3.92. The van der Waals surface area contributed by atoms with Crippen LogP contribution in [0.2, 0.25) is 0 Å². The number of alkyl halides is 2. The van der Waals surface area contributed by atoms with Crippen LogP contribution in [0.3, 0.4) is 0 Å². The van der Waals surface area contributed by atoms with E-state index in [1.165, 1.54) is 10.9 Å². The van der Waals surface area contributed by atoms with Crippen molar-refractivity contribution in [2.75, 3.05) is 0 Å². The van der Waals surface area contributed by atoms with E-state index < -0.39 is 6.43 Å². The lowest BCUT2D eigenvalue weighted by Gasteiger charge is -2.09. The van der Waals surface area contributed by atoms with Crippen molar-refractivity contribution >= 4 is 0 Å². The third-order valence-electron chi connectivity index (χ3n) is 2.26. The molecular weight excluding hydrogens is 202 g/mol. The first-order valence-electron chi connectivity index (χ1n) is 4.99. The summed E-state index contributed by atoms with van der Waals surface area (Å²) in [6.45, 7) is 4.13. The Bertz CT molecular complexity index is 310. The van der Waals surface area contributed by atoms with E-state index >= 15 is 0 Å². The van der Waals surface area contributed by atoms with E-state index in [0.717, 1.165) is 6.42 Å². The molecule has 0 saturated heterocycles. The first-order valence-corrected chi connectivity index (χ1v) is 4.99. The van der Waals surface area contributed by atoms with Crippen LogP contribution in [-0.4, -0.2) is 14.9 Å². The first kappa shape index (κ1) is 12.1. The Balaban J connectivity index is 2.82. The van der Waals surface area contributed by atoms with Crippen molar-refractivity contribution in [3.05, 3.63) is 17.5 Å². The van der Waals surface area contributed by atoms with Gasteiger partial charge in [0.15, 0.2) is 0 Å². The molecule has 0 spiro atoms. The standard InChI is InChI=1S/C10H16F2N2O/c1-7(2)3-4-14-9(10(11)12)8(6-15)5-13-14/h5,7,10,15H,3-4,6H2,1-2H3. The summed E-state index contributed by atoms with van der Waals surface area (Å²) in [5, 5.41) is 12.7. The average molecular weight is 218 g/mol. The van der Waals surface area contributed by atoms with Crippen molar-refractivity contribution in [2.24, 2.45) is 5.92 Å². The van der Waals surface area contributed by atoms with E-state index in [9.17, 15) is 8.78 Å². The molecule has 15 heavy (non-hydrogen) atoms. The first-order chi connectivity index (χ1) is 7.06. The predicted octanol–water partition coefficient (Wildman–Crippen LogP) is 2.36. The molecule has 5 heteroatoms. The van der Waals surface area contributed by atoms with E-state index in [1.54, 1.807) is 0 Å². The van der Waals surface area contributed by atoms with E-state index in [4.69, 9.17) is 5.11 Å². The number of aliphatic hydroxyl groups excluding tert-OH is 1. The molecule has 3 nitrogen and oxygen atoms in total. The second kappa shape index (κ2) is 5.21. The molecule has 0 aromatic carbocycles. The quantitative estimate of drug-likeness (QED) is 0.823. The number of hydrogen-bond acceptors (Lipinski definition) is 2. The normalized spacial score (nSPS) is 11.7. The maximum atomic E-state index is 12.7. The van der Waals surface area contributed by atoms with Crippen LogP contribution < -0.4 is 0 Å². The average Bonchev–Trinajstić information content (AvgIpc) is 2.57. The van der Waals surface area contributed by atoms with Gasteiger partial charge in [0.05, 0.1) is 12.8 Å². The van der Waals surface area contributed by atoms with Crippen molar-refractivity contribution < 1.29 is 13.9 Å². The van der Waals surface area contributed by atoms with Crippen LogP contribution in [0, 0.1) is 5.92 Å². The summed E-state index contributed by atoms with van der Waals surface area (Å²) in [6.07, 6.45) is -0.476. The van der Waals surface area contributed by atoms with Gasteiger partial charge < -0.3 is 5.11 Å². The van der Waals surface area contributed by atoms with Crippen molar-refractivity contribution in [3.63, 3.8) is 0 Å². The minimum absolute atomic E-state index is 0.154. The van der Waals surface area contributed by atoms with Crippen molar-refractivity contribution in [2.45, 2.75) is 39.8 Å². The summed E-state index contributed by atoms with van der Waals surface area (Å²) in [5.41, 5.74) is 0.0620. The molecule has 1 heterocycles. The number of aryl methyl sites for hydroxylation is 1. The van der Waals surface area contributed by atoms with Crippen LogP contribution in [0.15, 0.2) is 6.20 Å². The second-order valence-corrected chi connectivity index (χ2v) is 3.92. The molecule has 1 aromatic rings. The lowest BCUT2D eigenvalue weighted by Crippen LogP contribution is -2.08. The predicted molar refractivity (Wildman–Crippen MR) is 52.6 cm³/mol. The molecule has 1 aromatic heterocycles. The highest BCUT2D eigenvalue weighted by molar-refractivity contribution is 5.17. The third kappa shape index (κ3) is 2.99. The molecule has 0 unspecified atom stereocenters. The SMILES string of the molecule is CC(C)CCn1ncc(CO)c1C(F)F. The molecule has 0 radical (unpaired) electrons. The maximum absolute atomic E-state index is 12.7. The molecule has 0 aliphatic heterocycles. The fraction of sp³-hybridized carbons (Fsp3) is 0.700. The zero-order chi connectivity index (χ0) is 11.4. The molecule has 0 aliphatic rings. The number of aromatic nitrogens is 2. The number of nitrogens with zero attached hydrogens (tertiary/aromatic N) is 2. The highest BCUT2D eigenvalue weighted by Crippen LogP contribution is 2.23. The van der Waals surface area contributed by atoms with Crippen molar-refractivity contribution in [1.29, 1.82) is 0 Å². The summed E-state index contributed by atoms with van der Waals surface area (Å²) in [4.78, 5) is 0. The summed E-state index contributed by atoms with van der Waals surface area (Å²) in [5.74, 6) is 0.442. The van der Waals surface area contributed by atoms with Crippen molar-refractivity contribution in [3.8, 4) is 0 Å². The molecule has 0 aliphatic carbocycles. The zero-order valence-electron chi connectivity index (χ0n) is 8.95. The minimum Gasteiger partial charge on any atom is -0.392 e. The Morgan fingerprint density at radius 1 is 1.47 bits per heavy atom. The molecule has 0 saturated carbocycles. The van der Waals surface area contributed by atoms with Gasteiger partial charge in [0.2, 0.25) is 0 Å². The van der Waals surface area contributed by atoms with Gasteiger partial charge in [-0.3, -0.25) is 4.68 Å². The van der Waals surface area contributed by atoms with Crippen LogP contribution in [0.25, 0.3) is 0 Å². The molecule has 1 N–H and O–H groups in total. The highest BCUT2D eigenvalue weighted by atomic mass is 19.3. The van der Waals surface area contributed by atoms with Crippen LogP contribution in [0.5, 0.6) is 0 Å². The number of hydrogen-bond donors (Lipinski definition) is 1. The van der Waals surface area contributed by atoms with Crippen molar-refractivity contribution in [1.82, 2.24) is 9.78 Å². The topological polar surface area (TPSA) is 38.0 Å². The lowest BCUT2D eigenvalue weighted by atomic mass is 10.1. The maximum Gasteiger partial charge on any atom is 0.280 e. The Kier molecular flexibility index (Phi) is 4.20. The summed E-state index contributed by atoms with van der Waals surface area (Å²) in [7, 11) is 0. The monoisotopic (exact) mass is 218 g/mol. The summed E-state index contributed by atoms with van der Waals surface area (Å²) in [6, 6.07) is 0. The van der Waals surface area contributed by atoms with Gasteiger partial charge in [0, 0.05) is 12.1 Å². The minimum atomic E-state index is -2.58. The van der Waals surface area contributed by atoms with Gasteiger partial charge in [-0.05, 0) is 12.3 Å². The lowest BCUT2D eigenvalue weighted by molar-refractivity contribution is 0.134. The van der Waals surface area contributed by atoms with Gasteiger partial charge in [-0.25, -0.2) is 8.78 Å². The zero-order valence-corrected chi connectivity index (χ0v) is 8.95. The summed E-state index contributed by atoms with van der Waals surface area (Å²) < 4.78 is 26.6. The molecule has 86 valence electrons. The van der Waals surface area contributed by atoms with Gasteiger partial charge in [0.1, 0.15) is 5.69 Å². The van der Waals surface area contributed by atoms with Gasteiger partial charge in [-0.2, -0.15) is 5.10 Å². The summed E-state index contributed by atoms with van der Waals surface area (Å²) >= 11 is 0. The molecule has 0 bridgehead atoms. The fourth-order valence-electron chi connectivity index (χ4n) is 1.37. The molecule has 0 fully saturated rings. The van der Waals surface area contributed by atoms with Gasteiger partial charge in [0.25, 0.3) is 6.43 Å². The molecular formula is C10H16F2N2O. The Morgan fingerprint density at radius 2 is 2.13 bits per heavy atom. The molecule has 1 rings (SSSR count). The number of rotatable bonds is 5. The fourth-order valence-corrected chi connectivity index (χ4v) is 1.37. The smallest absolute Gasteiger partial charge is 0.280 e. The Hall–Kier alpha value is -0.970. The van der Waals surface area contributed by atoms with Crippen LogP contribution in [0.1, 0.15) is 38.0 Å². The van der Waals surface area contributed by atoms with E-state index in [-0.39, 0.29) is 17.9 Å². The third-order valence-corrected chi connectivity index (χ3v) is 2.26. The van der Waals surface area contributed by atoms with Gasteiger partial charge in [-0.15, -0.1) is 0 Å². The molecule has 0 atom stereocenters. The van der Waals surface area contributed by atoms with Crippen LogP contribution >= 0.6 is 0 Å². The van der Waals surface area contributed by atoms with E-state index in [1.807, 2.05) is 13.8 Å². The van der Waals surface area contributed by atoms with E-state index in [0.29, 0.717) is 12.5 Å². The van der Waals surface area contributed by atoms with E-state index in [2.05, 4.69) is 5.10 Å². The Morgan fingerprint density at radius 3 is 2.60 bits per heavy atom. The molecule has 0 amide bonds. The van der Waals surface area contributed by atoms with Gasteiger partial charge >= 0.3 is 0 Å². The van der Waals surface area contributed by atoms with Crippen LogP contribution in [0.4, 0.5) is 8.78 Å². The van der Waals surface area contributed by atoms with Gasteiger partial charge in [-0.1, -0.05) is 13.8 Å². The Labute approximate surface area is 87.7 Å².